The molecule has 166 valence electrons. The van der Waals surface area contributed by atoms with Crippen molar-refractivity contribution in [1.29, 1.82) is 0 Å². The van der Waals surface area contributed by atoms with Gasteiger partial charge < -0.3 is 10.2 Å². The van der Waals surface area contributed by atoms with Gasteiger partial charge in [0.25, 0.3) is 0 Å². The van der Waals surface area contributed by atoms with E-state index in [1.807, 2.05) is 6.92 Å². The van der Waals surface area contributed by atoms with Gasteiger partial charge in [-0.15, -0.1) is 0 Å². The summed E-state index contributed by atoms with van der Waals surface area (Å²) in [5.41, 5.74) is 7.25. The Morgan fingerprint density at radius 3 is 1.67 bits per heavy atom. The third kappa shape index (κ3) is 10.5. The third-order valence-corrected chi connectivity index (χ3v) is 5.46. The third-order valence-electron chi connectivity index (χ3n) is 5.46. The van der Waals surface area contributed by atoms with Crippen molar-refractivity contribution in [3.05, 3.63) is 69.9 Å². The second-order valence-electron chi connectivity index (χ2n) is 8.72. The molecule has 1 aromatic rings. The summed E-state index contributed by atoms with van der Waals surface area (Å²) >= 11 is 0. The van der Waals surface area contributed by atoms with Gasteiger partial charge in [-0.05, 0) is 104 Å². The maximum absolute atomic E-state index is 10.3. The summed E-state index contributed by atoms with van der Waals surface area (Å²) in [7, 11) is 0. The Morgan fingerprint density at radius 2 is 1.17 bits per heavy atom. The van der Waals surface area contributed by atoms with E-state index < -0.39 is 0 Å². The molecule has 1 aromatic carbocycles. The van der Waals surface area contributed by atoms with Crippen LogP contribution < -0.4 is 0 Å². The zero-order valence-corrected chi connectivity index (χ0v) is 20.0. The highest BCUT2D eigenvalue weighted by Crippen LogP contribution is 2.29. The van der Waals surface area contributed by atoms with Gasteiger partial charge in [0, 0.05) is 5.56 Å². The van der Waals surface area contributed by atoms with Crippen LogP contribution in [0.2, 0.25) is 0 Å². The number of benzene rings is 1. The molecule has 2 heteroatoms. The Hall–Kier alpha value is -2.22. The van der Waals surface area contributed by atoms with Gasteiger partial charge in [-0.3, -0.25) is 0 Å². The largest absolute Gasteiger partial charge is 0.508 e. The molecule has 0 aliphatic rings. The maximum Gasteiger partial charge on any atom is 0.122 e. The molecule has 0 radical (unpaired) electrons. The summed E-state index contributed by atoms with van der Waals surface area (Å²) < 4.78 is 0. The lowest BCUT2D eigenvalue weighted by molar-refractivity contribution is 0.449. The fraction of sp³-hybridized carbons (Fsp3) is 0.500. The molecule has 0 aliphatic carbocycles. The van der Waals surface area contributed by atoms with Crippen LogP contribution in [0.5, 0.6) is 11.5 Å². The van der Waals surface area contributed by atoms with Crippen LogP contribution in [0, 0.1) is 0 Å². The van der Waals surface area contributed by atoms with Crippen LogP contribution in [-0.4, -0.2) is 10.2 Å². The number of aryl methyl sites for hydroxylation is 1. The van der Waals surface area contributed by atoms with E-state index in [0.717, 1.165) is 49.7 Å². The summed E-state index contributed by atoms with van der Waals surface area (Å²) in [5.74, 6) is 0.546. The molecule has 1 rings (SSSR count). The average molecular weight is 411 g/mol. The summed E-state index contributed by atoms with van der Waals surface area (Å²) in [4.78, 5) is 0. The number of phenolic OH excluding ortho intramolecular Hbond substituents is 2. The number of allylic oxidation sites excluding steroid dienone is 8. The van der Waals surface area contributed by atoms with E-state index in [9.17, 15) is 10.2 Å². The highest BCUT2D eigenvalue weighted by atomic mass is 16.3. The van der Waals surface area contributed by atoms with E-state index in [4.69, 9.17) is 0 Å². The van der Waals surface area contributed by atoms with Gasteiger partial charge in [-0.1, -0.05) is 53.5 Å². The van der Waals surface area contributed by atoms with Crippen LogP contribution in [0.4, 0.5) is 0 Å². The zero-order valence-electron chi connectivity index (χ0n) is 20.0. The Morgan fingerprint density at radius 1 is 0.700 bits per heavy atom. The van der Waals surface area contributed by atoms with E-state index in [0.29, 0.717) is 18.6 Å². The predicted molar refractivity (Wildman–Crippen MR) is 131 cm³/mol. The first kappa shape index (κ1) is 25.8. The topological polar surface area (TPSA) is 40.5 Å². The maximum atomic E-state index is 10.3. The van der Waals surface area contributed by atoms with Crippen molar-refractivity contribution in [2.75, 3.05) is 0 Å². The molecule has 2 nitrogen and oxygen atoms in total. The Kier molecular flexibility index (Phi) is 12.0. The molecule has 0 unspecified atom stereocenters. The van der Waals surface area contributed by atoms with Gasteiger partial charge in [0.15, 0.2) is 0 Å². The van der Waals surface area contributed by atoms with E-state index in [1.54, 1.807) is 12.1 Å². The monoisotopic (exact) mass is 410 g/mol. The van der Waals surface area contributed by atoms with Crippen LogP contribution in [0.25, 0.3) is 0 Å². The number of rotatable bonds is 12. The number of hydrogen-bond acceptors (Lipinski definition) is 2. The standard InChI is InChI=1S/C28H42O2/c1-7-25-19-27(29)20-26(28(25)30)18-17-24(6)16-10-15-23(5)14-9-13-22(4)12-8-11-21(2)3/h11,13,15,17,19-20,29-30H,7-10,12,14,16,18H2,1-6H3/b22-13+,23-15+,24-17+. The summed E-state index contributed by atoms with van der Waals surface area (Å²) in [6.07, 6.45) is 17.2. The second-order valence-corrected chi connectivity index (χ2v) is 8.72. The van der Waals surface area contributed by atoms with Crippen molar-refractivity contribution in [2.24, 2.45) is 0 Å². The number of phenols is 2. The predicted octanol–water partition coefficient (Wildman–Crippen LogP) is 8.35. The number of hydrogen-bond donors (Lipinski definition) is 2. The van der Waals surface area contributed by atoms with Crippen molar-refractivity contribution >= 4 is 0 Å². The van der Waals surface area contributed by atoms with Crippen LogP contribution >= 0.6 is 0 Å². The van der Waals surface area contributed by atoms with Crippen molar-refractivity contribution in [1.82, 2.24) is 0 Å². The molecule has 0 aliphatic heterocycles. The van der Waals surface area contributed by atoms with Gasteiger partial charge in [-0.2, -0.15) is 0 Å². The molecule has 0 amide bonds. The van der Waals surface area contributed by atoms with Crippen LogP contribution in [0.1, 0.15) is 91.2 Å². The van der Waals surface area contributed by atoms with E-state index in [2.05, 4.69) is 58.9 Å². The molecule has 0 saturated heterocycles. The lowest BCUT2D eigenvalue weighted by atomic mass is 10.0. The lowest BCUT2D eigenvalue weighted by Crippen LogP contribution is -1.90. The Balaban J connectivity index is 2.44. The van der Waals surface area contributed by atoms with Gasteiger partial charge in [0.2, 0.25) is 0 Å². The second kappa shape index (κ2) is 13.9. The van der Waals surface area contributed by atoms with Gasteiger partial charge in [-0.25, -0.2) is 0 Å². The molecular weight excluding hydrogens is 368 g/mol. The van der Waals surface area contributed by atoms with E-state index in [1.165, 1.54) is 22.3 Å². The van der Waals surface area contributed by atoms with Crippen molar-refractivity contribution in [2.45, 2.75) is 92.9 Å². The lowest BCUT2D eigenvalue weighted by Gasteiger charge is -2.09. The minimum atomic E-state index is 0.227. The summed E-state index contributed by atoms with van der Waals surface area (Å²) in [5, 5.41) is 20.2. The molecule has 0 spiro atoms. The Labute approximate surface area is 184 Å². The molecule has 0 saturated carbocycles. The first-order valence-corrected chi connectivity index (χ1v) is 11.4. The average Bonchev–Trinajstić information content (AvgIpc) is 2.68. The summed E-state index contributed by atoms with van der Waals surface area (Å²) in [6, 6.07) is 3.31. The normalized spacial score (nSPS) is 12.9. The molecular formula is C28H42O2. The fourth-order valence-corrected chi connectivity index (χ4v) is 3.44. The minimum Gasteiger partial charge on any atom is -0.508 e. The van der Waals surface area contributed by atoms with Gasteiger partial charge in [0.05, 0.1) is 0 Å². The number of aromatic hydroxyl groups is 2. The molecule has 0 heterocycles. The summed E-state index contributed by atoms with van der Waals surface area (Å²) in [6.45, 7) is 12.9. The minimum absolute atomic E-state index is 0.227. The van der Waals surface area contributed by atoms with Crippen molar-refractivity contribution in [3.63, 3.8) is 0 Å². The first-order valence-electron chi connectivity index (χ1n) is 11.4. The Bertz CT molecular complexity index is 787. The SMILES string of the molecule is CCc1cc(O)cc(C/C=C(\C)CC/C=C(\C)CC/C=C(\C)CCC=C(C)C)c1O. The highest BCUT2D eigenvalue weighted by molar-refractivity contribution is 5.46. The van der Waals surface area contributed by atoms with E-state index >= 15 is 0 Å². The van der Waals surface area contributed by atoms with Crippen LogP contribution in [0.15, 0.2) is 58.7 Å². The molecule has 0 atom stereocenters. The zero-order chi connectivity index (χ0) is 22.5. The molecule has 30 heavy (non-hydrogen) atoms. The smallest absolute Gasteiger partial charge is 0.122 e. The van der Waals surface area contributed by atoms with Crippen molar-refractivity contribution in [3.8, 4) is 11.5 Å². The molecule has 0 bridgehead atoms. The van der Waals surface area contributed by atoms with Crippen LogP contribution in [0.3, 0.4) is 0 Å². The van der Waals surface area contributed by atoms with Crippen LogP contribution in [-0.2, 0) is 12.8 Å². The quantitative estimate of drug-likeness (QED) is 0.268. The molecule has 0 fully saturated rings. The fourth-order valence-electron chi connectivity index (χ4n) is 3.44. The first-order chi connectivity index (χ1) is 14.2. The van der Waals surface area contributed by atoms with Gasteiger partial charge in [0.1, 0.15) is 11.5 Å². The molecule has 2 N–H and O–H groups in total. The van der Waals surface area contributed by atoms with Crippen molar-refractivity contribution < 1.29 is 10.2 Å². The molecule has 0 aromatic heterocycles. The van der Waals surface area contributed by atoms with E-state index in [-0.39, 0.29) is 5.75 Å². The highest BCUT2D eigenvalue weighted by Gasteiger charge is 2.07. The van der Waals surface area contributed by atoms with Gasteiger partial charge >= 0.3 is 0 Å².